The Hall–Kier alpha value is -1.76. The van der Waals surface area contributed by atoms with E-state index in [9.17, 15) is 18.3 Å². The molecule has 2 rings (SSSR count). The number of anilines is 1. The van der Waals surface area contributed by atoms with E-state index in [2.05, 4.69) is 10.3 Å². The topological polar surface area (TPSA) is 50.1 Å². The summed E-state index contributed by atoms with van der Waals surface area (Å²) < 4.78 is 40.4. The minimum Gasteiger partial charge on any atom is -0.394 e. The van der Waals surface area contributed by atoms with Crippen LogP contribution in [0.2, 0.25) is 0 Å². The van der Waals surface area contributed by atoms with Gasteiger partial charge in [-0.3, -0.25) is 0 Å². The summed E-state index contributed by atoms with van der Waals surface area (Å²) in [6.07, 6.45) is -4.56. The molecule has 0 aliphatic heterocycles. The van der Waals surface area contributed by atoms with Crippen molar-refractivity contribution in [3.63, 3.8) is 0 Å². The van der Waals surface area contributed by atoms with Gasteiger partial charge in [0.15, 0.2) is 0 Å². The Bertz CT molecular complexity index is 634. The zero-order valence-electron chi connectivity index (χ0n) is 12.1. The molecular weight excluding hydrogens is 283 g/mol. The van der Waals surface area contributed by atoms with Crippen molar-refractivity contribution in [3.8, 4) is 0 Å². The maximum atomic E-state index is 13.1. The highest BCUT2D eigenvalue weighted by Gasteiger charge is 2.38. The molecule has 0 spiro atoms. The van der Waals surface area contributed by atoms with Gasteiger partial charge in [-0.15, -0.1) is 0 Å². The van der Waals surface area contributed by atoms with Crippen LogP contribution in [0.5, 0.6) is 0 Å². The van der Waals surface area contributed by atoms with Crippen LogP contribution >= 0.6 is 0 Å². The van der Waals surface area contributed by atoms with E-state index in [0.29, 0.717) is 11.2 Å². The second-order valence-electron chi connectivity index (χ2n) is 5.34. The van der Waals surface area contributed by atoms with Crippen molar-refractivity contribution < 1.29 is 18.3 Å². The van der Waals surface area contributed by atoms with Crippen LogP contribution < -0.4 is 5.32 Å². The van der Waals surface area contributed by atoms with Crippen molar-refractivity contribution in [2.45, 2.75) is 39.0 Å². The lowest BCUT2D eigenvalue weighted by Gasteiger charge is -2.16. The Kier molecular flexibility index (Phi) is 4.13. The van der Waals surface area contributed by atoms with Gasteiger partial charge in [0.2, 0.25) is 5.82 Å². The van der Waals surface area contributed by atoms with Gasteiger partial charge in [0.25, 0.3) is 0 Å². The molecule has 1 atom stereocenters. The lowest BCUT2D eigenvalue weighted by Crippen LogP contribution is -2.19. The lowest BCUT2D eigenvalue weighted by atomic mass is 10.2. The maximum Gasteiger partial charge on any atom is 0.449 e. The number of halogens is 3. The Morgan fingerprint density at radius 2 is 1.95 bits per heavy atom. The first-order valence-electron chi connectivity index (χ1n) is 6.70. The molecule has 2 aromatic rings. The van der Waals surface area contributed by atoms with Crippen molar-refractivity contribution in [1.82, 2.24) is 9.55 Å². The van der Waals surface area contributed by atoms with E-state index in [0.717, 1.165) is 4.57 Å². The summed E-state index contributed by atoms with van der Waals surface area (Å²) in [5.41, 5.74) is 1.33. The van der Waals surface area contributed by atoms with Crippen LogP contribution in [0, 0.1) is 0 Å². The number of imidazole rings is 1. The quantitative estimate of drug-likeness (QED) is 0.909. The largest absolute Gasteiger partial charge is 0.449 e. The highest BCUT2D eigenvalue weighted by atomic mass is 19.4. The molecule has 21 heavy (non-hydrogen) atoms. The molecule has 1 heterocycles. The molecule has 0 radical (unpaired) electrons. The molecule has 7 heteroatoms. The molecule has 1 aromatic carbocycles. The number of hydrogen-bond acceptors (Lipinski definition) is 3. The molecule has 0 fully saturated rings. The number of alkyl halides is 3. The van der Waals surface area contributed by atoms with Crippen molar-refractivity contribution in [2.75, 3.05) is 11.9 Å². The average Bonchev–Trinajstić information content (AvgIpc) is 2.75. The predicted molar refractivity (Wildman–Crippen MR) is 75.3 cm³/mol. The van der Waals surface area contributed by atoms with Gasteiger partial charge in [0.1, 0.15) is 0 Å². The summed E-state index contributed by atoms with van der Waals surface area (Å²) in [4.78, 5) is 3.71. The van der Waals surface area contributed by atoms with E-state index < -0.39 is 18.0 Å². The van der Waals surface area contributed by atoms with Gasteiger partial charge < -0.3 is 15.0 Å². The van der Waals surface area contributed by atoms with E-state index in [1.165, 1.54) is 6.92 Å². The van der Waals surface area contributed by atoms with Crippen LogP contribution in [0.3, 0.4) is 0 Å². The number of hydrogen-bond donors (Lipinski definition) is 2. The highest BCUT2D eigenvalue weighted by molar-refractivity contribution is 5.80. The summed E-state index contributed by atoms with van der Waals surface area (Å²) >= 11 is 0. The molecule has 4 nitrogen and oxygen atoms in total. The second-order valence-corrected chi connectivity index (χ2v) is 5.34. The van der Waals surface area contributed by atoms with Crippen LogP contribution in [-0.2, 0) is 6.18 Å². The van der Waals surface area contributed by atoms with Gasteiger partial charge in [-0.25, -0.2) is 4.98 Å². The van der Waals surface area contributed by atoms with Crippen molar-refractivity contribution in [2.24, 2.45) is 0 Å². The third kappa shape index (κ3) is 3.12. The number of aliphatic hydroxyl groups is 1. The first-order valence-corrected chi connectivity index (χ1v) is 6.70. The fraction of sp³-hybridized carbons (Fsp3) is 0.500. The standard InChI is InChI=1S/C14H18F3N3O/c1-8(2)18-10-4-5-12-11(6-10)19-13(14(15,16)17)20(12)9(3)7-21/h4-6,8-9,18,21H,7H2,1-3H3. The fourth-order valence-corrected chi connectivity index (χ4v) is 2.25. The van der Waals surface area contributed by atoms with E-state index in [1.54, 1.807) is 18.2 Å². The van der Waals surface area contributed by atoms with E-state index in [1.807, 2.05) is 13.8 Å². The number of aliphatic hydroxyl groups excluding tert-OH is 1. The zero-order valence-corrected chi connectivity index (χ0v) is 12.1. The van der Waals surface area contributed by atoms with Gasteiger partial charge in [-0.1, -0.05) is 0 Å². The van der Waals surface area contributed by atoms with Crippen LogP contribution in [0.1, 0.15) is 32.6 Å². The Morgan fingerprint density at radius 3 is 2.48 bits per heavy atom. The number of aromatic nitrogens is 2. The minimum atomic E-state index is -4.56. The normalized spacial score (nSPS) is 13.9. The van der Waals surface area contributed by atoms with Crippen molar-refractivity contribution in [1.29, 1.82) is 0 Å². The van der Waals surface area contributed by atoms with Gasteiger partial charge >= 0.3 is 6.18 Å². The van der Waals surface area contributed by atoms with E-state index in [4.69, 9.17) is 0 Å². The first kappa shape index (κ1) is 15.6. The fourth-order valence-electron chi connectivity index (χ4n) is 2.25. The van der Waals surface area contributed by atoms with Crippen LogP contribution in [0.4, 0.5) is 18.9 Å². The van der Waals surface area contributed by atoms with Crippen LogP contribution in [0.15, 0.2) is 18.2 Å². The molecule has 116 valence electrons. The number of nitrogens with one attached hydrogen (secondary N) is 1. The van der Waals surface area contributed by atoms with E-state index >= 15 is 0 Å². The monoisotopic (exact) mass is 301 g/mol. The number of fused-ring (bicyclic) bond motifs is 1. The zero-order chi connectivity index (χ0) is 15.8. The summed E-state index contributed by atoms with van der Waals surface area (Å²) in [5.74, 6) is -0.985. The number of nitrogens with zero attached hydrogens (tertiary/aromatic N) is 2. The summed E-state index contributed by atoms with van der Waals surface area (Å²) in [7, 11) is 0. The van der Waals surface area contributed by atoms with Gasteiger partial charge in [0, 0.05) is 11.7 Å². The molecule has 0 aliphatic rings. The smallest absolute Gasteiger partial charge is 0.394 e. The van der Waals surface area contributed by atoms with Crippen molar-refractivity contribution >= 4 is 16.7 Å². The molecular formula is C14H18F3N3O. The first-order chi connectivity index (χ1) is 9.74. The highest BCUT2D eigenvalue weighted by Crippen LogP contribution is 2.34. The number of rotatable bonds is 4. The third-order valence-electron chi connectivity index (χ3n) is 3.10. The molecule has 0 amide bonds. The van der Waals surface area contributed by atoms with Gasteiger partial charge in [0.05, 0.1) is 23.7 Å². The van der Waals surface area contributed by atoms with Crippen LogP contribution in [0.25, 0.3) is 11.0 Å². The molecule has 2 N–H and O–H groups in total. The molecule has 0 aliphatic carbocycles. The maximum absolute atomic E-state index is 13.1. The molecule has 0 saturated heterocycles. The lowest BCUT2D eigenvalue weighted by molar-refractivity contribution is -0.147. The summed E-state index contributed by atoms with van der Waals surface area (Å²) in [6.45, 7) is 5.02. The predicted octanol–water partition coefficient (Wildman–Crippen LogP) is 3.43. The Balaban J connectivity index is 2.62. The summed E-state index contributed by atoms with van der Waals surface area (Å²) in [5, 5.41) is 12.3. The van der Waals surface area contributed by atoms with Gasteiger partial charge in [-0.2, -0.15) is 13.2 Å². The number of benzene rings is 1. The molecule has 0 bridgehead atoms. The Labute approximate surface area is 120 Å². The Morgan fingerprint density at radius 1 is 1.29 bits per heavy atom. The average molecular weight is 301 g/mol. The SMILES string of the molecule is CC(C)Nc1ccc2c(c1)nc(C(F)(F)F)n2C(C)CO. The molecule has 1 unspecified atom stereocenters. The van der Waals surface area contributed by atoms with E-state index in [-0.39, 0.29) is 18.2 Å². The minimum absolute atomic E-state index is 0.169. The van der Waals surface area contributed by atoms with Crippen molar-refractivity contribution in [3.05, 3.63) is 24.0 Å². The van der Waals surface area contributed by atoms with Crippen LogP contribution in [-0.4, -0.2) is 27.3 Å². The molecule has 0 saturated carbocycles. The summed E-state index contributed by atoms with van der Waals surface area (Å²) in [6, 6.07) is 4.36. The molecule has 1 aromatic heterocycles. The van der Waals surface area contributed by atoms with Gasteiger partial charge in [-0.05, 0) is 39.0 Å². The second kappa shape index (κ2) is 5.55. The third-order valence-corrected chi connectivity index (χ3v) is 3.10.